The highest BCUT2D eigenvalue weighted by atomic mass is 35.5. The molecule has 3 aromatic rings. The van der Waals surface area contributed by atoms with Gasteiger partial charge in [0.15, 0.2) is 0 Å². The Balaban J connectivity index is 2.10. The second kappa shape index (κ2) is 4.93. The monoisotopic (exact) mass is 281 g/mol. The van der Waals surface area contributed by atoms with Gasteiger partial charge in [0.05, 0.1) is 5.54 Å². The van der Waals surface area contributed by atoms with Crippen LogP contribution in [0.25, 0.3) is 10.8 Å². The molecule has 3 aromatic carbocycles. The van der Waals surface area contributed by atoms with Gasteiger partial charge in [0.2, 0.25) is 0 Å². The van der Waals surface area contributed by atoms with Crippen LogP contribution in [0.4, 0.5) is 0 Å². The Labute approximate surface area is 124 Å². The van der Waals surface area contributed by atoms with Crippen LogP contribution < -0.4 is 5.73 Å². The standard InChI is InChI=1S/C18H16ClN/c1-18(20,15-8-10-17(19)11-9-15)16-7-6-13-4-2-3-5-14(13)12-16/h2-12H,20H2,1H3. The molecule has 0 aliphatic heterocycles. The molecule has 1 unspecified atom stereocenters. The Morgan fingerprint density at radius 3 is 2.10 bits per heavy atom. The highest BCUT2D eigenvalue weighted by Gasteiger charge is 2.23. The van der Waals surface area contributed by atoms with Gasteiger partial charge in [0.1, 0.15) is 0 Å². The third-order valence-electron chi connectivity index (χ3n) is 3.79. The van der Waals surface area contributed by atoms with Crippen molar-refractivity contribution >= 4 is 22.4 Å². The molecule has 0 aromatic heterocycles. The highest BCUT2D eigenvalue weighted by Crippen LogP contribution is 2.29. The van der Waals surface area contributed by atoms with Gasteiger partial charge in [-0.05, 0) is 47.0 Å². The molecule has 0 amide bonds. The van der Waals surface area contributed by atoms with Crippen LogP contribution in [-0.4, -0.2) is 0 Å². The second-order valence-electron chi connectivity index (χ2n) is 5.27. The fraction of sp³-hybridized carbons (Fsp3) is 0.111. The normalized spacial score (nSPS) is 14.2. The molecule has 0 radical (unpaired) electrons. The Hall–Kier alpha value is -1.83. The summed E-state index contributed by atoms with van der Waals surface area (Å²) < 4.78 is 0. The van der Waals surface area contributed by atoms with Crippen molar-refractivity contribution in [2.75, 3.05) is 0 Å². The molecular weight excluding hydrogens is 266 g/mol. The summed E-state index contributed by atoms with van der Waals surface area (Å²) in [6.07, 6.45) is 0. The first-order chi connectivity index (χ1) is 9.57. The average molecular weight is 282 g/mol. The SMILES string of the molecule is CC(N)(c1ccc(Cl)cc1)c1ccc2ccccc2c1. The van der Waals surface area contributed by atoms with Crippen LogP contribution in [-0.2, 0) is 5.54 Å². The van der Waals surface area contributed by atoms with E-state index in [1.165, 1.54) is 10.8 Å². The summed E-state index contributed by atoms with van der Waals surface area (Å²) in [6.45, 7) is 2.03. The lowest BCUT2D eigenvalue weighted by Gasteiger charge is -2.26. The maximum absolute atomic E-state index is 6.56. The minimum absolute atomic E-state index is 0.533. The third-order valence-corrected chi connectivity index (χ3v) is 4.05. The number of fused-ring (bicyclic) bond motifs is 1. The molecule has 0 saturated carbocycles. The maximum Gasteiger partial charge on any atom is 0.0637 e. The van der Waals surface area contributed by atoms with E-state index in [0.717, 1.165) is 16.1 Å². The third kappa shape index (κ3) is 2.31. The minimum Gasteiger partial charge on any atom is -0.318 e. The Morgan fingerprint density at radius 1 is 0.800 bits per heavy atom. The van der Waals surface area contributed by atoms with E-state index in [4.69, 9.17) is 17.3 Å². The van der Waals surface area contributed by atoms with Crippen LogP contribution in [0.5, 0.6) is 0 Å². The Kier molecular flexibility index (Phi) is 3.25. The summed E-state index contributed by atoms with van der Waals surface area (Å²) >= 11 is 5.95. The Morgan fingerprint density at radius 2 is 1.40 bits per heavy atom. The van der Waals surface area contributed by atoms with Crippen molar-refractivity contribution in [3.63, 3.8) is 0 Å². The number of rotatable bonds is 2. The predicted molar refractivity (Wildman–Crippen MR) is 86.0 cm³/mol. The van der Waals surface area contributed by atoms with Gasteiger partial charge in [-0.1, -0.05) is 60.1 Å². The summed E-state index contributed by atoms with van der Waals surface area (Å²) in [4.78, 5) is 0. The van der Waals surface area contributed by atoms with Gasteiger partial charge in [-0.2, -0.15) is 0 Å². The molecule has 2 heteroatoms. The molecule has 0 fully saturated rings. The van der Waals surface area contributed by atoms with E-state index in [2.05, 4.69) is 30.3 Å². The van der Waals surface area contributed by atoms with Crippen molar-refractivity contribution < 1.29 is 0 Å². The molecule has 0 saturated heterocycles. The molecule has 100 valence electrons. The second-order valence-corrected chi connectivity index (χ2v) is 5.71. The number of nitrogens with two attached hydrogens (primary N) is 1. The topological polar surface area (TPSA) is 26.0 Å². The van der Waals surface area contributed by atoms with Crippen LogP contribution in [0.15, 0.2) is 66.7 Å². The van der Waals surface area contributed by atoms with Gasteiger partial charge in [0, 0.05) is 5.02 Å². The van der Waals surface area contributed by atoms with Crippen LogP contribution in [0, 0.1) is 0 Å². The van der Waals surface area contributed by atoms with Gasteiger partial charge in [-0.25, -0.2) is 0 Å². The fourth-order valence-corrected chi connectivity index (χ4v) is 2.60. The molecule has 0 aliphatic rings. The molecule has 0 bridgehead atoms. The van der Waals surface area contributed by atoms with Gasteiger partial charge >= 0.3 is 0 Å². The summed E-state index contributed by atoms with van der Waals surface area (Å²) in [6, 6.07) is 22.4. The van der Waals surface area contributed by atoms with E-state index < -0.39 is 5.54 Å². The van der Waals surface area contributed by atoms with Crippen LogP contribution in [0.2, 0.25) is 5.02 Å². The molecule has 1 atom stereocenters. The lowest BCUT2D eigenvalue weighted by atomic mass is 9.85. The summed E-state index contributed by atoms with van der Waals surface area (Å²) in [5.74, 6) is 0. The molecular formula is C18H16ClN. The molecule has 3 rings (SSSR count). The lowest BCUT2D eigenvalue weighted by Crippen LogP contribution is -2.34. The van der Waals surface area contributed by atoms with Crippen LogP contribution in [0.1, 0.15) is 18.1 Å². The van der Waals surface area contributed by atoms with E-state index in [1.807, 2.05) is 43.3 Å². The van der Waals surface area contributed by atoms with Crippen LogP contribution >= 0.6 is 11.6 Å². The number of hydrogen-bond acceptors (Lipinski definition) is 1. The van der Waals surface area contributed by atoms with Gasteiger partial charge < -0.3 is 5.73 Å². The zero-order valence-electron chi connectivity index (χ0n) is 11.3. The molecule has 1 nitrogen and oxygen atoms in total. The first-order valence-electron chi connectivity index (χ1n) is 6.61. The van der Waals surface area contributed by atoms with Crippen molar-refractivity contribution in [1.82, 2.24) is 0 Å². The van der Waals surface area contributed by atoms with Crippen molar-refractivity contribution in [3.8, 4) is 0 Å². The predicted octanol–water partition coefficient (Wildman–Crippen LogP) is 4.72. The fourth-order valence-electron chi connectivity index (χ4n) is 2.48. The van der Waals surface area contributed by atoms with Gasteiger partial charge in [-0.15, -0.1) is 0 Å². The lowest BCUT2D eigenvalue weighted by molar-refractivity contribution is 0.604. The van der Waals surface area contributed by atoms with E-state index in [9.17, 15) is 0 Å². The van der Waals surface area contributed by atoms with Gasteiger partial charge in [0.25, 0.3) is 0 Å². The van der Waals surface area contributed by atoms with Crippen molar-refractivity contribution in [2.45, 2.75) is 12.5 Å². The first-order valence-corrected chi connectivity index (χ1v) is 6.99. The molecule has 0 spiro atoms. The number of benzene rings is 3. The van der Waals surface area contributed by atoms with Gasteiger partial charge in [-0.3, -0.25) is 0 Å². The Bertz CT molecular complexity index is 745. The molecule has 2 N–H and O–H groups in total. The van der Waals surface area contributed by atoms with E-state index >= 15 is 0 Å². The van der Waals surface area contributed by atoms with Crippen LogP contribution in [0.3, 0.4) is 0 Å². The van der Waals surface area contributed by atoms with Crippen molar-refractivity contribution in [3.05, 3.63) is 82.9 Å². The zero-order valence-corrected chi connectivity index (χ0v) is 12.1. The summed E-state index contributed by atoms with van der Waals surface area (Å²) in [5.41, 5.74) is 8.17. The minimum atomic E-state index is -0.533. The van der Waals surface area contributed by atoms with E-state index in [0.29, 0.717) is 0 Å². The zero-order chi connectivity index (χ0) is 14.2. The maximum atomic E-state index is 6.56. The average Bonchev–Trinajstić information content (AvgIpc) is 2.47. The largest absolute Gasteiger partial charge is 0.318 e. The van der Waals surface area contributed by atoms with Crippen molar-refractivity contribution in [1.29, 1.82) is 0 Å². The molecule has 0 heterocycles. The molecule has 0 aliphatic carbocycles. The first kappa shape index (κ1) is 13.2. The number of hydrogen-bond donors (Lipinski definition) is 1. The summed E-state index contributed by atoms with van der Waals surface area (Å²) in [5, 5.41) is 3.15. The van der Waals surface area contributed by atoms with E-state index in [-0.39, 0.29) is 0 Å². The summed E-state index contributed by atoms with van der Waals surface area (Å²) in [7, 11) is 0. The van der Waals surface area contributed by atoms with E-state index in [1.54, 1.807) is 0 Å². The van der Waals surface area contributed by atoms with Crippen molar-refractivity contribution in [2.24, 2.45) is 5.73 Å². The smallest absolute Gasteiger partial charge is 0.0637 e. The number of halogens is 1. The quantitative estimate of drug-likeness (QED) is 0.723. The molecule has 20 heavy (non-hydrogen) atoms. The highest BCUT2D eigenvalue weighted by molar-refractivity contribution is 6.30.